The van der Waals surface area contributed by atoms with Crippen molar-refractivity contribution in [3.63, 3.8) is 0 Å². The van der Waals surface area contributed by atoms with Crippen LogP contribution in [0.2, 0.25) is 0 Å². The fourth-order valence-corrected chi connectivity index (χ4v) is 1.79. The summed E-state index contributed by atoms with van der Waals surface area (Å²) < 4.78 is 1.92. The van der Waals surface area contributed by atoms with Gasteiger partial charge in [0.2, 0.25) is 0 Å². The third-order valence-corrected chi connectivity index (χ3v) is 2.28. The summed E-state index contributed by atoms with van der Waals surface area (Å²) in [5.41, 5.74) is 1.89. The minimum Gasteiger partial charge on any atom is -0.481 e. The summed E-state index contributed by atoms with van der Waals surface area (Å²) in [5, 5.41) is 13.0. The zero-order valence-electron chi connectivity index (χ0n) is 9.53. The van der Waals surface area contributed by atoms with Crippen molar-refractivity contribution in [1.82, 2.24) is 9.78 Å². The maximum Gasteiger partial charge on any atom is 0.307 e. The molecule has 84 valence electrons. The molecule has 15 heavy (non-hydrogen) atoms. The highest BCUT2D eigenvalue weighted by Gasteiger charge is 2.15. The number of nitrogens with zero attached hydrogens (tertiary/aromatic N) is 2. The zero-order valence-corrected chi connectivity index (χ0v) is 9.53. The largest absolute Gasteiger partial charge is 0.481 e. The second kappa shape index (κ2) is 4.96. The molecule has 0 bridgehead atoms. The van der Waals surface area contributed by atoms with Gasteiger partial charge in [0.1, 0.15) is 0 Å². The molecule has 0 radical (unpaired) electrons. The molecule has 1 aromatic rings. The Bertz CT molecular complexity index is 342. The molecule has 0 aliphatic carbocycles. The molecular formula is C11H18N2O2. The minimum absolute atomic E-state index is 0.0667. The normalized spacial score (nSPS) is 10.9. The molecule has 0 unspecified atom stereocenters. The third-order valence-electron chi connectivity index (χ3n) is 2.28. The Labute approximate surface area is 89.9 Å². The van der Waals surface area contributed by atoms with Gasteiger partial charge in [-0.2, -0.15) is 5.10 Å². The van der Waals surface area contributed by atoms with Crippen LogP contribution < -0.4 is 0 Å². The van der Waals surface area contributed by atoms with Crippen LogP contribution in [0.25, 0.3) is 0 Å². The molecule has 0 amide bonds. The standard InChI is InChI=1S/C11H18N2O2/c1-4-5-13-11(8(2)3)9(7-12-13)6-10(14)15/h7-8H,4-6H2,1-3H3,(H,14,15). The SMILES string of the molecule is CCCn1ncc(CC(=O)O)c1C(C)C. The lowest BCUT2D eigenvalue weighted by atomic mass is 10.0. The van der Waals surface area contributed by atoms with Crippen LogP contribution in [0.1, 0.15) is 44.4 Å². The van der Waals surface area contributed by atoms with Gasteiger partial charge in [0, 0.05) is 17.8 Å². The van der Waals surface area contributed by atoms with E-state index in [2.05, 4.69) is 25.9 Å². The van der Waals surface area contributed by atoms with Crippen molar-refractivity contribution in [2.75, 3.05) is 0 Å². The zero-order chi connectivity index (χ0) is 11.4. The van der Waals surface area contributed by atoms with Gasteiger partial charge in [0.25, 0.3) is 0 Å². The maximum absolute atomic E-state index is 10.7. The quantitative estimate of drug-likeness (QED) is 0.809. The number of aliphatic carboxylic acids is 1. The van der Waals surface area contributed by atoms with E-state index in [-0.39, 0.29) is 6.42 Å². The van der Waals surface area contributed by atoms with Gasteiger partial charge in [0.15, 0.2) is 0 Å². The minimum atomic E-state index is -0.798. The molecule has 0 saturated carbocycles. The molecular weight excluding hydrogens is 192 g/mol. The van der Waals surface area contributed by atoms with E-state index in [1.807, 2.05) is 4.68 Å². The molecule has 0 aliphatic rings. The fraction of sp³-hybridized carbons (Fsp3) is 0.636. The van der Waals surface area contributed by atoms with E-state index < -0.39 is 5.97 Å². The lowest BCUT2D eigenvalue weighted by molar-refractivity contribution is -0.136. The van der Waals surface area contributed by atoms with Crippen LogP contribution in [0.3, 0.4) is 0 Å². The second-order valence-electron chi connectivity index (χ2n) is 4.00. The molecule has 1 heterocycles. The van der Waals surface area contributed by atoms with E-state index in [1.165, 1.54) is 0 Å². The second-order valence-corrected chi connectivity index (χ2v) is 4.00. The van der Waals surface area contributed by atoms with Gasteiger partial charge in [0.05, 0.1) is 12.6 Å². The number of aryl methyl sites for hydroxylation is 1. The number of hydrogen-bond donors (Lipinski definition) is 1. The lowest BCUT2D eigenvalue weighted by Crippen LogP contribution is -2.09. The molecule has 4 heteroatoms. The molecule has 0 spiro atoms. The Morgan fingerprint density at radius 3 is 2.73 bits per heavy atom. The highest BCUT2D eigenvalue weighted by atomic mass is 16.4. The van der Waals surface area contributed by atoms with Gasteiger partial charge >= 0.3 is 5.97 Å². The Kier molecular flexibility index (Phi) is 3.88. The van der Waals surface area contributed by atoms with Crippen molar-refractivity contribution >= 4 is 5.97 Å². The summed E-state index contributed by atoms with van der Waals surface area (Å²) in [6, 6.07) is 0. The number of hydrogen-bond acceptors (Lipinski definition) is 2. The average molecular weight is 210 g/mol. The van der Waals surface area contributed by atoms with Gasteiger partial charge in [-0.1, -0.05) is 20.8 Å². The first kappa shape index (κ1) is 11.8. The summed E-state index contributed by atoms with van der Waals surface area (Å²) >= 11 is 0. The summed E-state index contributed by atoms with van der Waals surface area (Å²) in [6.07, 6.45) is 2.75. The van der Waals surface area contributed by atoms with Gasteiger partial charge in [-0.3, -0.25) is 9.48 Å². The van der Waals surface area contributed by atoms with Crippen LogP contribution in [-0.2, 0) is 17.8 Å². The Morgan fingerprint density at radius 2 is 2.27 bits per heavy atom. The lowest BCUT2D eigenvalue weighted by Gasteiger charge is -2.11. The van der Waals surface area contributed by atoms with E-state index in [1.54, 1.807) is 6.20 Å². The first-order valence-electron chi connectivity index (χ1n) is 5.32. The van der Waals surface area contributed by atoms with Crippen LogP contribution in [0.5, 0.6) is 0 Å². The highest BCUT2D eigenvalue weighted by Crippen LogP contribution is 2.20. The van der Waals surface area contributed by atoms with Crippen molar-refractivity contribution < 1.29 is 9.90 Å². The van der Waals surface area contributed by atoms with Crippen LogP contribution in [0, 0.1) is 0 Å². The highest BCUT2D eigenvalue weighted by molar-refractivity contribution is 5.70. The number of rotatable bonds is 5. The smallest absolute Gasteiger partial charge is 0.307 e. The maximum atomic E-state index is 10.7. The van der Waals surface area contributed by atoms with E-state index >= 15 is 0 Å². The van der Waals surface area contributed by atoms with Gasteiger partial charge in [-0.15, -0.1) is 0 Å². The van der Waals surface area contributed by atoms with Crippen molar-refractivity contribution in [1.29, 1.82) is 0 Å². The molecule has 4 nitrogen and oxygen atoms in total. The molecule has 0 saturated heterocycles. The summed E-state index contributed by atoms with van der Waals surface area (Å²) in [5.74, 6) is -0.485. The van der Waals surface area contributed by atoms with E-state index in [0.29, 0.717) is 5.92 Å². The Hall–Kier alpha value is -1.32. The van der Waals surface area contributed by atoms with Crippen molar-refractivity contribution in [2.45, 2.75) is 46.1 Å². The van der Waals surface area contributed by atoms with Crippen LogP contribution in [-0.4, -0.2) is 20.9 Å². The van der Waals surface area contributed by atoms with E-state index in [9.17, 15) is 4.79 Å². The predicted octanol–water partition coefficient (Wildman–Crippen LogP) is 2.04. The molecule has 0 fully saturated rings. The van der Waals surface area contributed by atoms with Gasteiger partial charge < -0.3 is 5.11 Å². The van der Waals surface area contributed by atoms with Crippen LogP contribution in [0.4, 0.5) is 0 Å². The molecule has 1 rings (SSSR count). The molecule has 0 aliphatic heterocycles. The third kappa shape index (κ3) is 2.81. The van der Waals surface area contributed by atoms with Crippen molar-refractivity contribution in [2.24, 2.45) is 0 Å². The molecule has 0 atom stereocenters. The van der Waals surface area contributed by atoms with Crippen LogP contribution >= 0.6 is 0 Å². The predicted molar refractivity (Wildman–Crippen MR) is 57.9 cm³/mol. The number of carbonyl (C=O) groups is 1. The molecule has 1 aromatic heterocycles. The first-order valence-corrected chi connectivity index (χ1v) is 5.32. The Morgan fingerprint density at radius 1 is 1.60 bits per heavy atom. The van der Waals surface area contributed by atoms with Crippen molar-refractivity contribution in [3.8, 4) is 0 Å². The van der Waals surface area contributed by atoms with E-state index in [4.69, 9.17) is 5.11 Å². The first-order chi connectivity index (χ1) is 7.06. The summed E-state index contributed by atoms with van der Waals surface area (Å²) in [4.78, 5) is 10.7. The van der Waals surface area contributed by atoms with Crippen molar-refractivity contribution in [3.05, 3.63) is 17.5 Å². The van der Waals surface area contributed by atoms with Gasteiger partial charge in [-0.25, -0.2) is 0 Å². The number of carboxylic acids is 1. The van der Waals surface area contributed by atoms with E-state index in [0.717, 1.165) is 24.2 Å². The monoisotopic (exact) mass is 210 g/mol. The topological polar surface area (TPSA) is 55.1 Å². The average Bonchev–Trinajstić information content (AvgIpc) is 2.47. The number of aromatic nitrogens is 2. The van der Waals surface area contributed by atoms with Crippen LogP contribution in [0.15, 0.2) is 6.20 Å². The van der Waals surface area contributed by atoms with Gasteiger partial charge in [-0.05, 0) is 12.3 Å². The molecule has 1 N–H and O–H groups in total. The molecule has 0 aromatic carbocycles. The Balaban J connectivity index is 3.00. The fourth-order valence-electron chi connectivity index (χ4n) is 1.79. The summed E-state index contributed by atoms with van der Waals surface area (Å²) in [7, 11) is 0. The number of carboxylic acid groups (broad SMARTS) is 1. The summed E-state index contributed by atoms with van der Waals surface area (Å²) in [6.45, 7) is 7.07.